The topological polar surface area (TPSA) is 86.1 Å². The van der Waals surface area contributed by atoms with Gasteiger partial charge >= 0.3 is 12.1 Å². The molecule has 0 saturated heterocycles. The zero-order valence-electron chi connectivity index (χ0n) is 15.5. The van der Waals surface area contributed by atoms with Gasteiger partial charge in [-0.3, -0.25) is 14.2 Å². The molecule has 0 fully saturated rings. The number of rotatable bonds is 7. The smallest absolute Gasteiger partial charge is 0.416 e. The van der Waals surface area contributed by atoms with Gasteiger partial charge in [0, 0.05) is 0 Å². The fraction of sp³-hybridized carbons (Fsp3) is 0.222. The van der Waals surface area contributed by atoms with Crippen molar-refractivity contribution in [3.63, 3.8) is 0 Å². The minimum Gasteiger partial charge on any atom is -0.468 e. The number of hydrogen-bond acceptors (Lipinski definition) is 7. The van der Waals surface area contributed by atoms with E-state index in [2.05, 4.69) is 20.3 Å². The minimum absolute atomic E-state index is 0.0707. The van der Waals surface area contributed by atoms with Gasteiger partial charge in [0.15, 0.2) is 11.0 Å². The molecular formula is C18H15F3N4O3S2. The molecule has 0 bridgehead atoms. The van der Waals surface area contributed by atoms with Crippen LogP contribution in [0.15, 0.2) is 46.9 Å². The summed E-state index contributed by atoms with van der Waals surface area (Å²) >= 11 is 2.22. The lowest BCUT2D eigenvalue weighted by molar-refractivity contribution is -0.138. The van der Waals surface area contributed by atoms with Crippen molar-refractivity contribution in [1.82, 2.24) is 20.1 Å². The number of thioether (sulfide) groups is 1. The maximum atomic E-state index is 13.2. The third-order valence-corrected chi connectivity index (χ3v) is 5.60. The SMILES string of the molecule is COC(=O)CSc1nnc(CNC(=O)c2cccs2)n1-c1cccc(C(F)(F)F)c1. The number of carbonyl (C=O) groups is 2. The van der Waals surface area contributed by atoms with Gasteiger partial charge in [-0.05, 0) is 29.6 Å². The van der Waals surface area contributed by atoms with Crippen LogP contribution in [0.4, 0.5) is 13.2 Å². The highest BCUT2D eigenvalue weighted by Gasteiger charge is 2.31. The van der Waals surface area contributed by atoms with Crippen LogP contribution in [0.1, 0.15) is 21.1 Å². The van der Waals surface area contributed by atoms with Crippen molar-refractivity contribution < 1.29 is 27.5 Å². The molecule has 12 heteroatoms. The highest BCUT2D eigenvalue weighted by Crippen LogP contribution is 2.31. The van der Waals surface area contributed by atoms with Crippen LogP contribution in [-0.4, -0.2) is 39.5 Å². The molecule has 0 aliphatic heterocycles. The van der Waals surface area contributed by atoms with Crippen LogP contribution in [-0.2, 0) is 22.3 Å². The van der Waals surface area contributed by atoms with Crippen LogP contribution in [0.2, 0.25) is 0 Å². The molecule has 0 unspecified atom stereocenters. The molecule has 0 spiro atoms. The van der Waals surface area contributed by atoms with Gasteiger partial charge in [-0.25, -0.2) is 0 Å². The van der Waals surface area contributed by atoms with E-state index in [-0.39, 0.29) is 34.9 Å². The number of amides is 1. The third kappa shape index (κ3) is 5.19. The zero-order valence-corrected chi connectivity index (χ0v) is 17.1. The van der Waals surface area contributed by atoms with Crippen molar-refractivity contribution >= 4 is 35.0 Å². The van der Waals surface area contributed by atoms with Crippen LogP contribution in [0, 0.1) is 0 Å². The standard InChI is InChI=1S/C18H15F3N4O3S2/c1-28-15(26)10-30-17-24-23-14(9-22-16(27)13-6-3-7-29-13)25(17)12-5-2-4-11(8-12)18(19,20)21/h2-8H,9-10H2,1H3,(H,22,27). The number of hydrogen-bond donors (Lipinski definition) is 1. The van der Waals surface area contributed by atoms with Gasteiger partial charge < -0.3 is 10.1 Å². The summed E-state index contributed by atoms with van der Waals surface area (Å²) in [5.41, 5.74) is -0.686. The van der Waals surface area contributed by atoms with E-state index in [1.165, 1.54) is 35.1 Å². The van der Waals surface area contributed by atoms with E-state index in [1.807, 2.05) is 0 Å². The van der Waals surface area contributed by atoms with Gasteiger partial charge in [-0.2, -0.15) is 13.2 Å². The lowest BCUT2D eigenvalue weighted by Crippen LogP contribution is -2.24. The predicted molar refractivity (Wildman–Crippen MR) is 105 cm³/mol. The van der Waals surface area contributed by atoms with Crippen LogP contribution in [0.25, 0.3) is 5.69 Å². The lowest BCUT2D eigenvalue weighted by atomic mass is 10.2. The fourth-order valence-electron chi connectivity index (χ4n) is 2.43. The van der Waals surface area contributed by atoms with E-state index in [4.69, 9.17) is 0 Å². The number of halogens is 3. The molecule has 0 atom stereocenters. The number of methoxy groups -OCH3 is 1. The Kier molecular flexibility index (Phi) is 6.77. The first-order chi connectivity index (χ1) is 14.3. The summed E-state index contributed by atoms with van der Waals surface area (Å²) in [5, 5.41) is 12.6. The molecule has 1 amide bonds. The zero-order chi connectivity index (χ0) is 21.7. The molecule has 3 rings (SSSR count). The summed E-state index contributed by atoms with van der Waals surface area (Å²) in [6.45, 7) is -0.0707. The van der Waals surface area contributed by atoms with E-state index >= 15 is 0 Å². The average Bonchev–Trinajstić information content (AvgIpc) is 3.39. The van der Waals surface area contributed by atoms with Crippen LogP contribution >= 0.6 is 23.1 Å². The Bertz CT molecular complexity index is 1040. The monoisotopic (exact) mass is 456 g/mol. The van der Waals surface area contributed by atoms with E-state index in [1.54, 1.807) is 17.5 Å². The Morgan fingerprint density at radius 1 is 1.23 bits per heavy atom. The first-order valence-electron chi connectivity index (χ1n) is 8.43. The molecule has 0 aliphatic rings. The highest BCUT2D eigenvalue weighted by atomic mass is 32.2. The molecule has 7 nitrogen and oxygen atoms in total. The molecular weight excluding hydrogens is 441 g/mol. The molecule has 3 aromatic rings. The lowest BCUT2D eigenvalue weighted by Gasteiger charge is -2.13. The van der Waals surface area contributed by atoms with E-state index in [0.29, 0.717) is 4.88 Å². The van der Waals surface area contributed by atoms with Crippen LogP contribution in [0.3, 0.4) is 0 Å². The number of aromatic nitrogens is 3. The Hall–Kier alpha value is -2.86. The van der Waals surface area contributed by atoms with Gasteiger partial charge in [0.2, 0.25) is 0 Å². The second-order valence-electron chi connectivity index (χ2n) is 5.81. The second kappa shape index (κ2) is 9.30. The van der Waals surface area contributed by atoms with Gasteiger partial charge in [-0.1, -0.05) is 23.9 Å². The Morgan fingerprint density at radius 3 is 2.70 bits per heavy atom. The number of nitrogens with one attached hydrogen (secondary N) is 1. The van der Waals surface area contributed by atoms with Crippen molar-refractivity contribution in [2.24, 2.45) is 0 Å². The fourth-order valence-corrected chi connectivity index (χ4v) is 3.87. The third-order valence-electron chi connectivity index (χ3n) is 3.83. The maximum absolute atomic E-state index is 13.2. The molecule has 2 aromatic heterocycles. The summed E-state index contributed by atoms with van der Waals surface area (Å²) in [5.74, 6) is -0.750. The number of thiophene rings is 1. The molecule has 1 N–H and O–H groups in total. The predicted octanol–water partition coefficient (Wildman–Crippen LogP) is 3.54. The van der Waals surface area contributed by atoms with Gasteiger partial charge in [0.1, 0.15) is 0 Å². The molecule has 158 valence electrons. The van der Waals surface area contributed by atoms with Gasteiger partial charge in [-0.15, -0.1) is 21.5 Å². The Labute approximate surface area is 177 Å². The summed E-state index contributed by atoms with van der Waals surface area (Å²) in [7, 11) is 1.23. The number of esters is 1. The van der Waals surface area contributed by atoms with Crippen molar-refractivity contribution in [2.45, 2.75) is 17.9 Å². The molecule has 0 saturated carbocycles. The van der Waals surface area contributed by atoms with E-state index < -0.39 is 17.7 Å². The summed E-state index contributed by atoms with van der Waals surface area (Å²) in [6.07, 6.45) is -4.53. The number of ether oxygens (including phenoxy) is 1. The number of nitrogens with zero attached hydrogens (tertiary/aromatic N) is 3. The summed E-state index contributed by atoms with van der Waals surface area (Å²) < 4.78 is 45.4. The van der Waals surface area contributed by atoms with E-state index in [0.717, 1.165) is 23.9 Å². The number of carbonyl (C=O) groups excluding carboxylic acids is 2. The summed E-state index contributed by atoms with van der Waals surface area (Å²) in [6, 6.07) is 8.01. The normalized spacial score (nSPS) is 11.3. The number of alkyl halides is 3. The highest BCUT2D eigenvalue weighted by molar-refractivity contribution is 7.99. The van der Waals surface area contributed by atoms with Crippen molar-refractivity contribution in [3.05, 3.63) is 58.0 Å². The van der Waals surface area contributed by atoms with Crippen molar-refractivity contribution in [3.8, 4) is 5.69 Å². The quantitative estimate of drug-likeness (QED) is 0.432. The largest absolute Gasteiger partial charge is 0.468 e. The molecule has 0 aliphatic carbocycles. The van der Waals surface area contributed by atoms with E-state index in [9.17, 15) is 22.8 Å². The average molecular weight is 456 g/mol. The Balaban J connectivity index is 1.92. The molecule has 1 aromatic carbocycles. The molecule has 0 radical (unpaired) electrons. The van der Waals surface area contributed by atoms with Crippen molar-refractivity contribution in [2.75, 3.05) is 12.9 Å². The number of benzene rings is 1. The van der Waals surface area contributed by atoms with Crippen LogP contribution in [0.5, 0.6) is 0 Å². The van der Waals surface area contributed by atoms with Crippen molar-refractivity contribution in [1.29, 1.82) is 0 Å². The van der Waals surface area contributed by atoms with Crippen LogP contribution < -0.4 is 5.32 Å². The maximum Gasteiger partial charge on any atom is 0.416 e. The minimum atomic E-state index is -4.53. The summed E-state index contributed by atoms with van der Waals surface area (Å²) in [4.78, 5) is 24.2. The van der Waals surface area contributed by atoms with Gasteiger partial charge in [0.25, 0.3) is 5.91 Å². The second-order valence-corrected chi connectivity index (χ2v) is 7.70. The van der Waals surface area contributed by atoms with Gasteiger partial charge in [0.05, 0.1) is 35.5 Å². The first kappa shape index (κ1) is 21.8. The first-order valence-corrected chi connectivity index (χ1v) is 10.3. The molecule has 2 heterocycles. The molecule has 30 heavy (non-hydrogen) atoms. The Morgan fingerprint density at radius 2 is 2.03 bits per heavy atom.